The van der Waals surface area contributed by atoms with E-state index in [9.17, 15) is 13.2 Å². The number of nitrogens with two attached hydrogens (primary N) is 2. The highest BCUT2D eigenvalue weighted by molar-refractivity contribution is 5.94. The number of rotatable bonds is 9. The molecule has 2 aromatic carbocycles. The summed E-state index contributed by atoms with van der Waals surface area (Å²) in [6.45, 7) is 2.40. The van der Waals surface area contributed by atoms with Gasteiger partial charge in [-0.25, -0.2) is 4.98 Å². The second-order valence-corrected chi connectivity index (χ2v) is 7.79. The Balaban J connectivity index is 2.16. The van der Waals surface area contributed by atoms with Crippen LogP contribution in [0, 0.1) is 6.92 Å². The average molecular weight is 464 g/mol. The highest BCUT2D eigenvalue weighted by atomic mass is 19.4. The summed E-state index contributed by atoms with van der Waals surface area (Å²) >= 11 is 0. The van der Waals surface area contributed by atoms with Gasteiger partial charge in [0, 0.05) is 12.1 Å². The minimum absolute atomic E-state index is 0.0343. The normalized spacial score (nSPS) is 12.6. The summed E-state index contributed by atoms with van der Waals surface area (Å²) in [5.74, 6) is 1.09. The van der Waals surface area contributed by atoms with Gasteiger partial charge in [0.2, 0.25) is 5.88 Å². The molecule has 0 bridgehead atoms. The standard InChI is InChI=1S/C24H28F3N3O3/c1-14-10-20(32-3)30-22-15(11-17(29)7-5-9-28)12-19(31-2)23(21(14)22)33-18-8-4-6-16(13-18)24(25,26)27/h4,6,8,10,12-13,17H,5,7,9,11,28-29H2,1-3H3. The summed E-state index contributed by atoms with van der Waals surface area (Å²) in [7, 11) is 2.99. The Morgan fingerprint density at radius 1 is 1.09 bits per heavy atom. The summed E-state index contributed by atoms with van der Waals surface area (Å²) in [5.41, 5.74) is 13.3. The second kappa shape index (κ2) is 10.3. The lowest BCUT2D eigenvalue weighted by Gasteiger charge is -2.20. The summed E-state index contributed by atoms with van der Waals surface area (Å²) in [5, 5.41) is 0.619. The van der Waals surface area contributed by atoms with Gasteiger partial charge >= 0.3 is 6.18 Å². The van der Waals surface area contributed by atoms with E-state index in [0.717, 1.165) is 36.1 Å². The lowest BCUT2D eigenvalue weighted by Crippen LogP contribution is -2.24. The summed E-state index contributed by atoms with van der Waals surface area (Å²) in [4.78, 5) is 4.60. The maximum Gasteiger partial charge on any atom is 0.416 e. The molecule has 0 fully saturated rings. The van der Waals surface area contributed by atoms with Crippen molar-refractivity contribution in [2.75, 3.05) is 20.8 Å². The predicted octanol–water partition coefficient (Wildman–Crippen LogP) is 4.98. The number of alkyl halides is 3. The first-order valence-corrected chi connectivity index (χ1v) is 10.5. The number of ether oxygens (including phenoxy) is 3. The molecule has 0 aliphatic heterocycles. The molecule has 0 saturated carbocycles. The Hall–Kier alpha value is -3.04. The minimum Gasteiger partial charge on any atom is -0.493 e. The number of fused-ring (bicyclic) bond motifs is 1. The lowest BCUT2D eigenvalue weighted by molar-refractivity contribution is -0.137. The highest BCUT2D eigenvalue weighted by Gasteiger charge is 2.31. The molecule has 3 aromatic rings. The third kappa shape index (κ3) is 5.66. The Morgan fingerprint density at radius 3 is 2.48 bits per heavy atom. The van der Waals surface area contributed by atoms with E-state index in [2.05, 4.69) is 4.98 Å². The van der Waals surface area contributed by atoms with Crippen LogP contribution in [0.1, 0.15) is 29.5 Å². The van der Waals surface area contributed by atoms with Crippen LogP contribution in [0.25, 0.3) is 10.9 Å². The van der Waals surface area contributed by atoms with E-state index >= 15 is 0 Å². The smallest absolute Gasteiger partial charge is 0.416 e. The van der Waals surface area contributed by atoms with Crippen LogP contribution in [0.5, 0.6) is 23.1 Å². The van der Waals surface area contributed by atoms with Gasteiger partial charge in [0.1, 0.15) is 5.75 Å². The molecule has 1 atom stereocenters. The minimum atomic E-state index is -4.49. The molecule has 0 aliphatic carbocycles. The van der Waals surface area contributed by atoms with Crippen LogP contribution in [0.3, 0.4) is 0 Å². The molecule has 0 saturated heterocycles. The van der Waals surface area contributed by atoms with Gasteiger partial charge in [-0.05, 0) is 68.1 Å². The summed E-state index contributed by atoms with van der Waals surface area (Å²) in [6, 6.07) is 8.05. The number of hydrogen-bond donors (Lipinski definition) is 2. The van der Waals surface area contributed by atoms with Crippen molar-refractivity contribution in [3.63, 3.8) is 0 Å². The average Bonchev–Trinajstić information content (AvgIpc) is 2.78. The lowest BCUT2D eigenvalue weighted by atomic mass is 9.97. The fourth-order valence-corrected chi connectivity index (χ4v) is 3.71. The van der Waals surface area contributed by atoms with Crippen LogP contribution in [0.15, 0.2) is 36.4 Å². The van der Waals surface area contributed by atoms with Crippen LogP contribution < -0.4 is 25.7 Å². The van der Waals surface area contributed by atoms with Crippen molar-refractivity contribution in [3.8, 4) is 23.1 Å². The first kappa shape index (κ1) is 24.6. The molecule has 0 spiro atoms. The fraction of sp³-hybridized carbons (Fsp3) is 0.375. The third-order valence-corrected chi connectivity index (χ3v) is 5.32. The number of hydrogen-bond acceptors (Lipinski definition) is 6. The Kier molecular flexibility index (Phi) is 7.65. The van der Waals surface area contributed by atoms with Gasteiger partial charge in [-0.2, -0.15) is 13.2 Å². The topological polar surface area (TPSA) is 92.6 Å². The maximum atomic E-state index is 13.2. The number of aryl methyl sites for hydroxylation is 1. The molecule has 9 heteroatoms. The van der Waals surface area contributed by atoms with Gasteiger partial charge in [0.05, 0.1) is 30.7 Å². The molecular formula is C24H28F3N3O3. The van der Waals surface area contributed by atoms with Crippen LogP contribution >= 0.6 is 0 Å². The van der Waals surface area contributed by atoms with Gasteiger partial charge < -0.3 is 25.7 Å². The van der Waals surface area contributed by atoms with Gasteiger partial charge in [-0.15, -0.1) is 0 Å². The number of pyridine rings is 1. The molecule has 0 radical (unpaired) electrons. The van der Waals surface area contributed by atoms with Crippen molar-refractivity contribution in [1.82, 2.24) is 4.98 Å². The van der Waals surface area contributed by atoms with Gasteiger partial charge in [0.25, 0.3) is 0 Å². The monoisotopic (exact) mass is 463 g/mol. The zero-order valence-electron chi connectivity index (χ0n) is 18.8. The molecule has 33 heavy (non-hydrogen) atoms. The van der Waals surface area contributed by atoms with Crippen LogP contribution in [0.4, 0.5) is 13.2 Å². The number of methoxy groups -OCH3 is 2. The van der Waals surface area contributed by atoms with Crippen molar-refractivity contribution in [2.45, 2.75) is 38.4 Å². The Bertz CT molecular complexity index is 1120. The van der Waals surface area contributed by atoms with Gasteiger partial charge in [0.15, 0.2) is 11.5 Å². The molecule has 0 amide bonds. The first-order chi connectivity index (χ1) is 15.7. The van der Waals surface area contributed by atoms with Gasteiger partial charge in [-0.1, -0.05) is 6.07 Å². The highest BCUT2D eigenvalue weighted by Crippen LogP contribution is 2.43. The number of aromatic nitrogens is 1. The SMILES string of the molecule is COc1cc(C)c2c(Oc3cccc(C(F)(F)F)c3)c(OC)cc(CC(N)CCCN)c2n1. The van der Waals surface area contributed by atoms with Gasteiger partial charge in [-0.3, -0.25) is 0 Å². The Morgan fingerprint density at radius 2 is 1.85 bits per heavy atom. The predicted molar refractivity (Wildman–Crippen MR) is 121 cm³/mol. The first-order valence-electron chi connectivity index (χ1n) is 10.5. The maximum absolute atomic E-state index is 13.2. The van der Waals surface area contributed by atoms with E-state index in [-0.39, 0.29) is 17.5 Å². The number of nitrogens with zero attached hydrogens (tertiary/aromatic N) is 1. The molecule has 1 aromatic heterocycles. The molecule has 178 valence electrons. The van der Waals surface area contributed by atoms with E-state index in [1.54, 1.807) is 12.1 Å². The molecule has 1 unspecified atom stereocenters. The van der Waals surface area contributed by atoms with Crippen molar-refractivity contribution in [1.29, 1.82) is 0 Å². The molecule has 1 heterocycles. The number of halogens is 3. The van der Waals surface area contributed by atoms with E-state index in [4.69, 9.17) is 25.7 Å². The third-order valence-electron chi connectivity index (χ3n) is 5.32. The fourth-order valence-electron chi connectivity index (χ4n) is 3.71. The van der Waals surface area contributed by atoms with Crippen molar-refractivity contribution < 1.29 is 27.4 Å². The van der Waals surface area contributed by atoms with E-state index in [1.807, 2.05) is 6.92 Å². The van der Waals surface area contributed by atoms with E-state index in [1.165, 1.54) is 26.4 Å². The zero-order chi connectivity index (χ0) is 24.2. The molecule has 4 N–H and O–H groups in total. The molecule has 3 rings (SSSR count). The summed E-state index contributed by atoms with van der Waals surface area (Å²) < 4.78 is 56.5. The zero-order valence-corrected chi connectivity index (χ0v) is 18.8. The summed E-state index contributed by atoms with van der Waals surface area (Å²) in [6.07, 6.45) is -2.44. The van der Waals surface area contributed by atoms with E-state index < -0.39 is 11.7 Å². The van der Waals surface area contributed by atoms with Crippen molar-refractivity contribution >= 4 is 10.9 Å². The quantitative estimate of drug-likeness (QED) is 0.465. The number of benzene rings is 2. The molecule has 6 nitrogen and oxygen atoms in total. The van der Waals surface area contributed by atoms with Crippen molar-refractivity contribution in [2.24, 2.45) is 11.5 Å². The molecule has 0 aliphatic rings. The Labute approximate surface area is 190 Å². The van der Waals surface area contributed by atoms with Crippen LogP contribution in [-0.4, -0.2) is 31.8 Å². The van der Waals surface area contributed by atoms with Crippen molar-refractivity contribution in [3.05, 3.63) is 53.1 Å². The molecular weight excluding hydrogens is 435 g/mol. The van der Waals surface area contributed by atoms with Crippen LogP contribution in [0.2, 0.25) is 0 Å². The largest absolute Gasteiger partial charge is 0.493 e. The second-order valence-electron chi connectivity index (χ2n) is 7.79. The van der Waals surface area contributed by atoms with E-state index in [0.29, 0.717) is 35.5 Å². The van der Waals surface area contributed by atoms with Crippen LogP contribution in [-0.2, 0) is 12.6 Å².